The lowest BCUT2D eigenvalue weighted by Crippen LogP contribution is -1.94. The molecule has 0 aliphatic rings. The van der Waals surface area contributed by atoms with Gasteiger partial charge in [0.25, 0.3) is 0 Å². The lowest BCUT2D eigenvalue weighted by Gasteiger charge is -2.11. The van der Waals surface area contributed by atoms with Crippen molar-refractivity contribution in [3.63, 3.8) is 0 Å². The minimum atomic E-state index is 1.11. The summed E-state index contributed by atoms with van der Waals surface area (Å²) in [6.45, 7) is 4.17. The first-order valence-electron chi connectivity index (χ1n) is 5.85. The topological polar surface area (TPSA) is 12.0 Å². The van der Waals surface area contributed by atoms with Gasteiger partial charge in [0.2, 0.25) is 0 Å². The third-order valence-electron chi connectivity index (χ3n) is 2.71. The van der Waals surface area contributed by atoms with Crippen LogP contribution in [0, 0.1) is 6.92 Å². The molecule has 0 heterocycles. The summed E-state index contributed by atoms with van der Waals surface area (Å²) < 4.78 is 0. The molecular weight excluding hydrogens is 206 g/mol. The first-order valence-corrected chi connectivity index (χ1v) is 5.85. The molecule has 0 bridgehead atoms. The molecule has 0 saturated heterocycles. The van der Waals surface area contributed by atoms with Crippen LogP contribution in [0.15, 0.2) is 54.6 Å². The summed E-state index contributed by atoms with van der Waals surface area (Å²) in [7, 11) is 0. The number of anilines is 2. The maximum atomic E-state index is 3.45. The second-order valence-corrected chi connectivity index (χ2v) is 4.03. The van der Waals surface area contributed by atoms with Gasteiger partial charge in [0, 0.05) is 16.9 Å². The maximum Gasteiger partial charge on any atom is 0.0460 e. The number of hydrogen-bond acceptors (Lipinski definition) is 1. The highest BCUT2D eigenvalue weighted by Gasteiger charge is 2.02. The minimum absolute atomic E-state index is 1.11. The van der Waals surface area contributed by atoms with Crippen LogP contribution in [0.3, 0.4) is 0 Å². The SMILES string of the molecule is C/C=C\c1c(C)cccc1Nc1ccccc1. The predicted octanol–water partition coefficient (Wildman–Crippen LogP) is 4.77. The van der Waals surface area contributed by atoms with Crippen LogP contribution in [-0.2, 0) is 0 Å². The summed E-state index contributed by atoms with van der Waals surface area (Å²) in [6, 6.07) is 16.5. The lowest BCUT2D eigenvalue weighted by molar-refractivity contribution is 1.42. The molecule has 0 amide bonds. The highest BCUT2D eigenvalue weighted by atomic mass is 14.9. The molecule has 0 aromatic heterocycles. The van der Waals surface area contributed by atoms with Crippen molar-refractivity contribution in [1.29, 1.82) is 0 Å². The number of aryl methyl sites for hydroxylation is 1. The summed E-state index contributed by atoms with van der Waals surface area (Å²) in [4.78, 5) is 0. The molecule has 0 radical (unpaired) electrons. The molecule has 0 spiro atoms. The van der Waals surface area contributed by atoms with Gasteiger partial charge in [-0.1, -0.05) is 42.5 Å². The van der Waals surface area contributed by atoms with Crippen LogP contribution < -0.4 is 5.32 Å². The molecular formula is C16H17N. The average molecular weight is 223 g/mol. The number of hydrogen-bond donors (Lipinski definition) is 1. The quantitative estimate of drug-likeness (QED) is 0.790. The minimum Gasteiger partial charge on any atom is -0.355 e. The van der Waals surface area contributed by atoms with E-state index in [1.807, 2.05) is 25.1 Å². The summed E-state index contributed by atoms with van der Waals surface area (Å²) >= 11 is 0. The molecule has 86 valence electrons. The molecule has 0 unspecified atom stereocenters. The lowest BCUT2D eigenvalue weighted by atomic mass is 10.1. The molecule has 1 heteroatoms. The summed E-state index contributed by atoms with van der Waals surface area (Å²) in [6.07, 6.45) is 4.21. The predicted molar refractivity (Wildman–Crippen MR) is 75.6 cm³/mol. The normalized spacial score (nSPS) is 10.7. The second-order valence-electron chi connectivity index (χ2n) is 4.03. The molecule has 0 aliphatic carbocycles. The van der Waals surface area contributed by atoms with Gasteiger partial charge in [0.05, 0.1) is 0 Å². The van der Waals surface area contributed by atoms with Crippen molar-refractivity contribution in [3.8, 4) is 0 Å². The summed E-state index contributed by atoms with van der Waals surface area (Å²) in [5.41, 5.74) is 4.79. The number of rotatable bonds is 3. The monoisotopic (exact) mass is 223 g/mol. The first-order chi connectivity index (χ1) is 8.31. The molecule has 0 fully saturated rings. The van der Waals surface area contributed by atoms with Crippen molar-refractivity contribution in [2.75, 3.05) is 5.32 Å². The molecule has 0 aliphatic heterocycles. The van der Waals surface area contributed by atoms with Gasteiger partial charge in [0.1, 0.15) is 0 Å². The van der Waals surface area contributed by atoms with Crippen LogP contribution in [0.1, 0.15) is 18.1 Å². The largest absolute Gasteiger partial charge is 0.355 e. The van der Waals surface area contributed by atoms with Gasteiger partial charge in [0.15, 0.2) is 0 Å². The molecule has 17 heavy (non-hydrogen) atoms. The van der Waals surface area contributed by atoms with E-state index in [-0.39, 0.29) is 0 Å². The summed E-state index contributed by atoms with van der Waals surface area (Å²) in [5.74, 6) is 0. The van der Waals surface area contributed by atoms with E-state index < -0.39 is 0 Å². The Morgan fingerprint density at radius 1 is 0.941 bits per heavy atom. The zero-order chi connectivity index (χ0) is 12.1. The molecule has 2 rings (SSSR count). The highest BCUT2D eigenvalue weighted by molar-refractivity contribution is 5.73. The van der Waals surface area contributed by atoms with E-state index in [1.165, 1.54) is 11.1 Å². The van der Waals surface area contributed by atoms with Crippen molar-refractivity contribution < 1.29 is 0 Å². The Kier molecular flexibility index (Phi) is 3.61. The van der Waals surface area contributed by atoms with Gasteiger partial charge >= 0.3 is 0 Å². The molecule has 1 N–H and O–H groups in total. The van der Waals surface area contributed by atoms with Crippen LogP contribution in [0.25, 0.3) is 6.08 Å². The third-order valence-corrected chi connectivity index (χ3v) is 2.71. The molecule has 0 saturated carbocycles. The highest BCUT2D eigenvalue weighted by Crippen LogP contribution is 2.24. The van der Waals surface area contributed by atoms with Gasteiger partial charge in [-0.3, -0.25) is 0 Å². The molecule has 0 atom stereocenters. The van der Waals surface area contributed by atoms with E-state index in [9.17, 15) is 0 Å². The average Bonchev–Trinajstić information content (AvgIpc) is 2.35. The van der Waals surface area contributed by atoms with Crippen molar-refractivity contribution in [2.24, 2.45) is 0 Å². The van der Waals surface area contributed by atoms with E-state index in [0.717, 1.165) is 11.4 Å². The fourth-order valence-electron chi connectivity index (χ4n) is 1.85. The fraction of sp³-hybridized carbons (Fsp3) is 0.125. The van der Waals surface area contributed by atoms with Crippen LogP contribution in [0.4, 0.5) is 11.4 Å². The Morgan fingerprint density at radius 3 is 2.41 bits per heavy atom. The maximum absolute atomic E-state index is 3.45. The van der Waals surface area contributed by atoms with Gasteiger partial charge in [-0.15, -0.1) is 0 Å². The number of nitrogens with one attached hydrogen (secondary N) is 1. The number of allylic oxidation sites excluding steroid dienone is 1. The third kappa shape index (κ3) is 2.76. The second kappa shape index (κ2) is 5.35. The van der Waals surface area contributed by atoms with Crippen LogP contribution in [0.5, 0.6) is 0 Å². The number of benzene rings is 2. The number of para-hydroxylation sites is 1. The Labute approximate surface area is 103 Å². The smallest absolute Gasteiger partial charge is 0.0460 e. The van der Waals surface area contributed by atoms with E-state index >= 15 is 0 Å². The Bertz CT molecular complexity index is 512. The van der Waals surface area contributed by atoms with Crippen LogP contribution in [-0.4, -0.2) is 0 Å². The zero-order valence-electron chi connectivity index (χ0n) is 10.3. The van der Waals surface area contributed by atoms with Crippen molar-refractivity contribution >= 4 is 17.5 Å². The van der Waals surface area contributed by atoms with Gasteiger partial charge in [-0.05, 0) is 37.6 Å². The van der Waals surface area contributed by atoms with Gasteiger partial charge in [-0.2, -0.15) is 0 Å². The van der Waals surface area contributed by atoms with Crippen molar-refractivity contribution in [2.45, 2.75) is 13.8 Å². The zero-order valence-corrected chi connectivity index (χ0v) is 10.3. The van der Waals surface area contributed by atoms with E-state index in [0.29, 0.717) is 0 Å². The van der Waals surface area contributed by atoms with E-state index in [4.69, 9.17) is 0 Å². The van der Waals surface area contributed by atoms with Crippen LogP contribution >= 0.6 is 0 Å². The molecule has 1 nitrogen and oxygen atoms in total. The van der Waals surface area contributed by atoms with Crippen molar-refractivity contribution in [3.05, 3.63) is 65.7 Å². The first kappa shape index (κ1) is 11.5. The standard InChI is InChI=1S/C16H17N/c1-3-8-15-13(2)9-7-12-16(15)17-14-10-5-4-6-11-14/h3-12,17H,1-2H3/b8-3-. The van der Waals surface area contributed by atoms with Crippen LogP contribution in [0.2, 0.25) is 0 Å². The Hall–Kier alpha value is -2.02. The molecule has 2 aromatic rings. The van der Waals surface area contributed by atoms with Gasteiger partial charge in [-0.25, -0.2) is 0 Å². The van der Waals surface area contributed by atoms with E-state index in [2.05, 4.69) is 54.7 Å². The fourth-order valence-corrected chi connectivity index (χ4v) is 1.85. The van der Waals surface area contributed by atoms with E-state index in [1.54, 1.807) is 0 Å². The van der Waals surface area contributed by atoms with Crippen molar-refractivity contribution in [1.82, 2.24) is 0 Å². The molecule has 2 aromatic carbocycles. The summed E-state index contributed by atoms with van der Waals surface area (Å²) in [5, 5.41) is 3.45. The Balaban J connectivity index is 2.36. The van der Waals surface area contributed by atoms with Gasteiger partial charge < -0.3 is 5.32 Å². The Morgan fingerprint density at radius 2 is 1.71 bits per heavy atom.